The third kappa shape index (κ3) is 3.06. The minimum absolute atomic E-state index is 0.734. The van der Waals surface area contributed by atoms with Crippen molar-refractivity contribution in [1.29, 1.82) is 0 Å². The summed E-state index contributed by atoms with van der Waals surface area (Å²) in [7, 11) is 0. The van der Waals surface area contributed by atoms with Crippen molar-refractivity contribution in [3.63, 3.8) is 0 Å². The third-order valence-corrected chi connectivity index (χ3v) is 3.80. The molecule has 2 aromatic carbocycles. The first-order valence-corrected chi connectivity index (χ1v) is 6.99. The molecule has 2 rings (SSSR count). The molecule has 0 fully saturated rings. The monoisotopic (exact) mass is 323 g/mol. The molecule has 0 aliphatic rings. The Morgan fingerprint density at radius 2 is 1.78 bits per heavy atom. The summed E-state index contributed by atoms with van der Waals surface area (Å²) in [6, 6.07) is 12.3. The first kappa shape index (κ1) is 13.4. The van der Waals surface area contributed by atoms with Gasteiger partial charge in [-0.25, -0.2) is 0 Å². The van der Waals surface area contributed by atoms with Gasteiger partial charge in [0.25, 0.3) is 0 Å². The highest BCUT2D eigenvalue weighted by Gasteiger charge is 2.04. The Kier molecular flexibility index (Phi) is 4.31. The molecule has 1 nitrogen and oxygen atoms in total. The zero-order valence-electron chi connectivity index (χ0n) is 10.4. The van der Waals surface area contributed by atoms with E-state index in [0.717, 1.165) is 21.6 Å². The van der Waals surface area contributed by atoms with Crippen molar-refractivity contribution in [2.75, 3.05) is 5.32 Å². The Hall–Kier alpha value is -0.990. The van der Waals surface area contributed by atoms with E-state index >= 15 is 0 Å². The van der Waals surface area contributed by atoms with E-state index in [4.69, 9.17) is 11.6 Å². The van der Waals surface area contributed by atoms with E-state index in [1.807, 2.05) is 18.2 Å². The van der Waals surface area contributed by atoms with Gasteiger partial charge in [0.15, 0.2) is 0 Å². The molecule has 0 unspecified atom stereocenters. The van der Waals surface area contributed by atoms with Crippen LogP contribution in [0.25, 0.3) is 0 Å². The topological polar surface area (TPSA) is 12.0 Å². The van der Waals surface area contributed by atoms with Crippen LogP contribution in [0.15, 0.2) is 40.9 Å². The van der Waals surface area contributed by atoms with Gasteiger partial charge in [0.1, 0.15) is 0 Å². The molecule has 0 spiro atoms. The summed E-state index contributed by atoms with van der Waals surface area (Å²) in [6.45, 7) is 4.95. The molecule has 0 bridgehead atoms. The van der Waals surface area contributed by atoms with E-state index in [9.17, 15) is 0 Å². The highest BCUT2D eigenvalue weighted by atomic mass is 79.9. The number of hydrogen-bond donors (Lipinski definition) is 1. The highest BCUT2D eigenvalue weighted by Crippen LogP contribution is 2.24. The molecule has 0 saturated carbocycles. The molecule has 0 heterocycles. The maximum atomic E-state index is 6.21. The van der Waals surface area contributed by atoms with Crippen LogP contribution < -0.4 is 5.32 Å². The van der Waals surface area contributed by atoms with Gasteiger partial charge in [-0.3, -0.25) is 0 Å². The highest BCUT2D eigenvalue weighted by molar-refractivity contribution is 9.10. The van der Waals surface area contributed by atoms with Gasteiger partial charge in [0.05, 0.1) is 0 Å². The smallest absolute Gasteiger partial charge is 0.0467 e. The maximum absolute atomic E-state index is 6.21. The van der Waals surface area contributed by atoms with E-state index in [1.165, 1.54) is 16.8 Å². The number of para-hydroxylation sites is 1. The van der Waals surface area contributed by atoms with Gasteiger partial charge in [-0.15, -0.1) is 0 Å². The predicted octanol–water partition coefficient (Wildman–Crippen LogP) is 5.33. The fraction of sp³-hybridized carbons (Fsp3) is 0.200. The van der Waals surface area contributed by atoms with E-state index < -0.39 is 0 Å². The van der Waals surface area contributed by atoms with Gasteiger partial charge in [0, 0.05) is 21.7 Å². The van der Waals surface area contributed by atoms with Crippen LogP contribution in [-0.2, 0) is 6.54 Å². The lowest BCUT2D eigenvalue weighted by Crippen LogP contribution is -2.03. The fourth-order valence-electron chi connectivity index (χ4n) is 1.94. The second-order valence-electron chi connectivity index (χ2n) is 4.36. The van der Waals surface area contributed by atoms with Crippen molar-refractivity contribution >= 4 is 33.2 Å². The quantitative estimate of drug-likeness (QED) is 0.804. The van der Waals surface area contributed by atoms with Crippen LogP contribution in [0.3, 0.4) is 0 Å². The molecule has 2 aromatic rings. The molecular formula is C15H15BrClN. The van der Waals surface area contributed by atoms with Crippen LogP contribution in [0.2, 0.25) is 5.02 Å². The molecule has 0 amide bonds. The molecule has 0 atom stereocenters. The van der Waals surface area contributed by atoms with Crippen molar-refractivity contribution < 1.29 is 0 Å². The summed E-state index contributed by atoms with van der Waals surface area (Å²) in [4.78, 5) is 0. The lowest BCUT2D eigenvalue weighted by Gasteiger charge is -2.13. The van der Waals surface area contributed by atoms with Crippen molar-refractivity contribution in [3.8, 4) is 0 Å². The Morgan fingerprint density at radius 1 is 1.11 bits per heavy atom. The first-order chi connectivity index (χ1) is 8.58. The van der Waals surface area contributed by atoms with Crippen LogP contribution in [0.4, 0.5) is 5.69 Å². The van der Waals surface area contributed by atoms with Crippen LogP contribution in [0.1, 0.15) is 16.7 Å². The third-order valence-electron chi connectivity index (χ3n) is 2.95. The van der Waals surface area contributed by atoms with E-state index in [0.29, 0.717) is 0 Å². The number of halogens is 2. The molecule has 3 heteroatoms. The molecular weight excluding hydrogens is 310 g/mol. The molecule has 0 saturated heterocycles. The van der Waals surface area contributed by atoms with E-state index in [2.05, 4.69) is 53.3 Å². The van der Waals surface area contributed by atoms with Gasteiger partial charge in [-0.1, -0.05) is 51.8 Å². The summed E-state index contributed by atoms with van der Waals surface area (Å²) in [6.07, 6.45) is 0. The lowest BCUT2D eigenvalue weighted by molar-refractivity contribution is 1.13. The number of hydrogen-bond acceptors (Lipinski definition) is 1. The van der Waals surface area contributed by atoms with Crippen molar-refractivity contribution in [3.05, 3.63) is 62.6 Å². The molecule has 18 heavy (non-hydrogen) atoms. The average Bonchev–Trinajstić information content (AvgIpc) is 2.31. The van der Waals surface area contributed by atoms with Crippen LogP contribution in [0, 0.1) is 13.8 Å². The van der Waals surface area contributed by atoms with Gasteiger partial charge in [0.2, 0.25) is 0 Å². The summed E-state index contributed by atoms with van der Waals surface area (Å²) in [5.74, 6) is 0. The largest absolute Gasteiger partial charge is 0.380 e. The number of anilines is 1. The molecule has 0 aromatic heterocycles. The Balaban J connectivity index is 2.16. The molecule has 94 valence electrons. The Labute approximate surface area is 121 Å². The van der Waals surface area contributed by atoms with Gasteiger partial charge in [-0.05, 0) is 42.7 Å². The Bertz CT molecular complexity index is 546. The fourth-order valence-corrected chi connectivity index (χ4v) is 2.68. The maximum Gasteiger partial charge on any atom is 0.0467 e. The number of nitrogens with one attached hydrogen (secondary N) is 1. The molecule has 0 aliphatic carbocycles. The average molecular weight is 325 g/mol. The minimum atomic E-state index is 0.734. The zero-order valence-corrected chi connectivity index (χ0v) is 12.8. The van der Waals surface area contributed by atoms with Crippen molar-refractivity contribution in [2.45, 2.75) is 20.4 Å². The summed E-state index contributed by atoms with van der Waals surface area (Å²) in [5.41, 5.74) is 4.80. The standard InChI is InChI=1S/C15H15BrClN/c1-10-4-3-5-11(2)15(10)18-9-12-6-7-13(16)8-14(12)17/h3-8,18H,9H2,1-2H3. The summed E-state index contributed by atoms with van der Waals surface area (Å²) >= 11 is 9.62. The van der Waals surface area contributed by atoms with Gasteiger partial charge >= 0.3 is 0 Å². The normalized spacial score (nSPS) is 10.4. The van der Waals surface area contributed by atoms with Crippen LogP contribution in [0.5, 0.6) is 0 Å². The SMILES string of the molecule is Cc1cccc(C)c1NCc1ccc(Br)cc1Cl. The second-order valence-corrected chi connectivity index (χ2v) is 5.68. The van der Waals surface area contributed by atoms with Gasteiger partial charge in [-0.2, -0.15) is 0 Å². The van der Waals surface area contributed by atoms with Gasteiger partial charge < -0.3 is 5.32 Å². The zero-order chi connectivity index (χ0) is 13.1. The molecule has 0 radical (unpaired) electrons. The predicted molar refractivity (Wildman–Crippen MR) is 82.4 cm³/mol. The number of aryl methyl sites for hydroxylation is 2. The number of benzene rings is 2. The first-order valence-electron chi connectivity index (χ1n) is 5.82. The molecule has 1 N–H and O–H groups in total. The Morgan fingerprint density at radius 3 is 2.39 bits per heavy atom. The van der Waals surface area contributed by atoms with E-state index in [-0.39, 0.29) is 0 Å². The van der Waals surface area contributed by atoms with Crippen molar-refractivity contribution in [1.82, 2.24) is 0 Å². The molecule has 0 aliphatic heterocycles. The van der Waals surface area contributed by atoms with E-state index in [1.54, 1.807) is 0 Å². The van der Waals surface area contributed by atoms with Crippen LogP contribution in [-0.4, -0.2) is 0 Å². The second kappa shape index (κ2) is 5.77. The minimum Gasteiger partial charge on any atom is -0.380 e. The lowest BCUT2D eigenvalue weighted by atomic mass is 10.1. The summed E-state index contributed by atoms with van der Waals surface area (Å²) in [5, 5.41) is 4.24. The van der Waals surface area contributed by atoms with Crippen LogP contribution >= 0.6 is 27.5 Å². The van der Waals surface area contributed by atoms with Crippen molar-refractivity contribution in [2.24, 2.45) is 0 Å². The summed E-state index contributed by atoms with van der Waals surface area (Å²) < 4.78 is 1.00. The number of rotatable bonds is 3.